The van der Waals surface area contributed by atoms with Crippen molar-refractivity contribution in [2.75, 3.05) is 5.75 Å². The number of rotatable bonds is 6. The lowest BCUT2D eigenvalue weighted by atomic mass is 9.89. The minimum atomic E-state index is 0.107. The number of thioether (sulfide) groups is 1. The van der Waals surface area contributed by atoms with Gasteiger partial charge in [-0.2, -0.15) is 0 Å². The zero-order valence-electron chi connectivity index (χ0n) is 15.2. The van der Waals surface area contributed by atoms with Gasteiger partial charge in [-0.05, 0) is 67.9 Å². The molecule has 2 aromatic rings. The second-order valence-electron chi connectivity index (χ2n) is 6.87. The zero-order valence-corrected chi connectivity index (χ0v) is 16.0. The molecule has 0 fully saturated rings. The number of benzene rings is 2. The molecule has 1 aliphatic rings. The molecule has 1 unspecified atom stereocenters. The van der Waals surface area contributed by atoms with Crippen LogP contribution in [0, 0.1) is 6.92 Å². The summed E-state index contributed by atoms with van der Waals surface area (Å²) in [4.78, 5) is 13.5. The van der Waals surface area contributed by atoms with Gasteiger partial charge in [-0.3, -0.25) is 4.79 Å². The SMILES string of the molecule is CCC(NC(=O)CSc1ccc(C)cc1)c1ccc2c(c1)CCCC2. The molecular weight excluding hydrogens is 326 g/mol. The van der Waals surface area contributed by atoms with Crippen molar-refractivity contribution in [1.82, 2.24) is 5.32 Å². The van der Waals surface area contributed by atoms with E-state index in [2.05, 4.69) is 61.6 Å². The van der Waals surface area contributed by atoms with Crippen molar-refractivity contribution in [3.8, 4) is 0 Å². The van der Waals surface area contributed by atoms with E-state index in [1.807, 2.05) is 0 Å². The lowest BCUT2D eigenvalue weighted by Crippen LogP contribution is -2.29. The highest BCUT2D eigenvalue weighted by molar-refractivity contribution is 8.00. The minimum absolute atomic E-state index is 0.107. The molecule has 2 nitrogen and oxygen atoms in total. The van der Waals surface area contributed by atoms with Crippen molar-refractivity contribution in [1.29, 1.82) is 0 Å². The van der Waals surface area contributed by atoms with Crippen molar-refractivity contribution < 1.29 is 4.79 Å². The molecule has 0 spiro atoms. The summed E-state index contributed by atoms with van der Waals surface area (Å²) in [5.41, 5.74) is 5.46. The maximum Gasteiger partial charge on any atom is 0.230 e. The van der Waals surface area contributed by atoms with Gasteiger partial charge in [-0.25, -0.2) is 0 Å². The highest BCUT2D eigenvalue weighted by atomic mass is 32.2. The van der Waals surface area contributed by atoms with Gasteiger partial charge < -0.3 is 5.32 Å². The number of aryl methyl sites for hydroxylation is 3. The van der Waals surface area contributed by atoms with Crippen LogP contribution in [0.3, 0.4) is 0 Å². The van der Waals surface area contributed by atoms with Crippen LogP contribution in [0.1, 0.15) is 54.5 Å². The van der Waals surface area contributed by atoms with Gasteiger partial charge in [0.25, 0.3) is 0 Å². The molecule has 0 saturated heterocycles. The second-order valence-corrected chi connectivity index (χ2v) is 7.91. The van der Waals surface area contributed by atoms with Gasteiger partial charge in [0.15, 0.2) is 0 Å². The summed E-state index contributed by atoms with van der Waals surface area (Å²) >= 11 is 1.60. The van der Waals surface area contributed by atoms with E-state index in [0.717, 1.165) is 11.3 Å². The summed E-state index contributed by atoms with van der Waals surface area (Å²) in [6.45, 7) is 4.21. The van der Waals surface area contributed by atoms with E-state index >= 15 is 0 Å². The first-order valence-electron chi connectivity index (χ1n) is 9.26. The zero-order chi connectivity index (χ0) is 17.6. The fraction of sp³-hybridized carbons (Fsp3) is 0.409. The van der Waals surface area contributed by atoms with Gasteiger partial charge in [0.2, 0.25) is 5.91 Å². The number of carbonyl (C=O) groups excluding carboxylic acids is 1. The average Bonchev–Trinajstić information content (AvgIpc) is 2.65. The van der Waals surface area contributed by atoms with Crippen LogP contribution in [0.4, 0.5) is 0 Å². The van der Waals surface area contributed by atoms with Crippen LogP contribution in [0.25, 0.3) is 0 Å². The molecule has 1 amide bonds. The van der Waals surface area contributed by atoms with Crippen molar-refractivity contribution in [2.24, 2.45) is 0 Å². The normalized spacial score (nSPS) is 14.6. The minimum Gasteiger partial charge on any atom is -0.349 e. The maximum absolute atomic E-state index is 12.4. The van der Waals surface area contributed by atoms with Gasteiger partial charge >= 0.3 is 0 Å². The highest BCUT2D eigenvalue weighted by Crippen LogP contribution is 2.26. The standard InChI is InChI=1S/C22H27NOS/c1-3-21(19-11-10-17-6-4-5-7-18(17)14-19)23-22(24)15-25-20-12-8-16(2)9-13-20/h8-14,21H,3-7,15H2,1-2H3,(H,23,24). The third-order valence-corrected chi connectivity index (χ3v) is 5.92. The summed E-state index contributed by atoms with van der Waals surface area (Å²) < 4.78 is 0. The van der Waals surface area contributed by atoms with Gasteiger partial charge in [-0.15, -0.1) is 11.8 Å². The van der Waals surface area contributed by atoms with E-state index in [0.29, 0.717) is 5.75 Å². The molecular formula is C22H27NOS. The number of hydrogen-bond acceptors (Lipinski definition) is 2. The fourth-order valence-electron chi connectivity index (χ4n) is 3.41. The molecule has 0 saturated carbocycles. The Labute approximate surface area is 155 Å². The topological polar surface area (TPSA) is 29.1 Å². The van der Waals surface area contributed by atoms with Crippen LogP contribution < -0.4 is 5.32 Å². The Kier molecular flexibility index (Phi) is 6.19. The molecule has 0 radical (unpaired) electrons. The van der Waals surface area contributed by atoms with Crippen molar-refractivity contribution in [3.05, 3.63) is 64.7 Å². The van der Waals surface area contributed by atoms with E-state index in [9.17, 15) is 4.79 Å². The van der Waals surface area contributed by atoms with E-state index in [1.165, 1.54) is 47.9 Å². The molecule has 132 valence electrons. The Morgan fingerprint density at radius 3 is 2.52 bits per heavy atom. The van der Waals surface area contributed by atoms with Crippen molar-refractivity contribution in [2.45, 2.75) is 56.9 Å². The Bertz CT molecular complexity index is 723. The Morgan fingerprint density at radius 2 is 1.80 bits per heavy atom. The van der Waals surface area contributed by atoms with Crippen LogP contribution in [-0.2, 0) is 17.6 Å². The van der Waals surface area contributed by atoms with Gasteiger partial charge in [0, 0.05) is 4.90 Å². The molecule has 2 aromatic carbocycles. The number of amides is 1. The van der Waals surface area contributed by atoms with E-state index in [-0.39, 0.29) is 11.9 Å². The smallest absolute Gasteiger partial charge is 0.230 e. The van der Waals surface area contributed by atoms with Gasteiger partial charge in [0.1, 0.15) is 0 Å². The van der Waals surface area contributed by atoms with Gasteiger partial charge in [-0.1, -0.05) is 42.8 Å². The summed E-state index contributed by atoms with van der Waals surface area (Å²) in [7, 11) is 0. The predicted octanol–water partition coefficient (Wildman–Crippen LogP) is 5.23. The van der Waals surface area contributed by atoms with Crippen LogP contribution in [0.2, 0.25) is 0 Å². The van der Waals surface area contributed by atoms with Crippen LogP contribution >= 0.6 is 11.8 Å². The second kappa shape index (κ2) is 8.57. The lowest BCUT2D eigenvalue weighted by molar-refractivity contribution is -0.119. The monoisotopic (exact) mass is 353 g/mol. The van der Waals surface area contributed by atoms with E-state index in [4.69, 9.17) is 0 Å². The molecule has 0 aromatic heterocycles. The average molecular weight is 354 g/mol. The lowest BCUT2D eigenvalue weighted by Gasteiger charge is -2.21. The first-order chi connectivity index (χ1) is 12.2. The number of carbonyl (C=O) groups is 1. The van der Waals surface area contributed by atoms with Gasteiger partial charge in [0.05, 0.1) is 11.8 Å². The number of hydrogen-bond donors (Lipinski definition) is 1. The molecule has 0 bridgehead atoms. The van der Waals surface area contributed by atoms with Crippen molar-refractivity contribution in [3.63, 3.8) is 0 Å². The molecule has 0 heterocycles. The molecule has 0 aliphatic heterocycles. The molecule has 25 heavy (non-hydrogen) atoms. The first kappa shape index (κ1) is 18.1. The number of nitrogens with one attached hydrogen (secondary N) is 1. The Hall–Kier alpha value is -1.74. The summed E-state index contributed by atoms with van der Waals surface area (Å²) in [5, 5.41) is 3.21. The van der Waals surface area contributed by atoms with E-state index in [1.54, 1.807) is 11.8 Å². The third-order valence-electron chi connectivity index (χ3n) is 4.91. The van der Waals surface area contributed by atoms with E-state index < -0.39 is 0 Å². The number of fused-ring (bicyclic) bond motifs is 1. The molecule has 1 atom stereocenters. The summed E-state index contributed by atoms with van der Waals surface area (Å²) in [6, 6.07) is 15.2. The van der Waals surface area contributed by atoms with Crippen LogP contribution in [0.15, 0.2) is 47.4 Å². The first-order valence-corrected chi connectivity index (χ1v) is 10.2. The highest BCUT2D eigenvalue weighted by Gasteiger charge is 2.16. The third kappa shape index (κ3) is 4.88. The van der Waals surface area contributed by atoms with Crippen LogP contribution in [0.5, 0.6) is 0 Å². The Morgan fingerprint density at radius 1 is 1.08 bits per heavy atom. The fourth-order valence-corrected chi connectivity index (χ4v) is 4.12. The largest absolute Gasteiger partial charge is 0.349 e. The van der Waals surface area contributed by atoms with Crippen LogP contribution in [-0.4, -0.2) is 11.7 Å². The van der Waals surface area contributed by atoms with Crippen molar-refractivity contribution >= 4 is 17.7 Å². The summed E-state index contributed by atoms with van der Waals surface area (Å²) in [5.74, 6) is 0.569. The summed E-state index contributed by atoms with van der Waals surface area (Å²) in [6.07, 6.45) is 5.88. The predicted molar refractivity (Wildman–Crippen MR) is 106 cm³/mol. The molecule has 1 N–H and O–H groups in total. The quantitative estimate of drug-likeness (QED) is 0.720. The Balaban J connectivity index is 1.59. The maximum atomic E-state index is 12.4. The molecule has 3 rings (SSSR count). The molecule has 1 aliphatic carbocycles. The molecule has 3 heteroatoms.